The lowest BCUT2D eigenvalue weighted by Crippen LogP contribution is -2.20. The van der Waals surface area contributed by atoms with Gasteiger partial charge in [0.15, 0.2) is 0 Å². The van der Waals surface area contributed by atoms with Crippen molar-refractivity contribution in [3.63, 3.8) is 0 Å². The van der Waals surface area contributed by atoms with Crippen molar-refractivity contribution in [3.05, 3.63) is 87.7 Å². The molecule has 25 heavy (non-hydrogen) atoms. The first-order valence-electron chi connectivity index (χ1n) is 7.81. The number of non-ortho nitro benzene ring substituents is 1. The summed E-state index contributed by atoms with van der Waals surface area (Å²) < 4.78 is 1.72. The van der Waals surface area contributed by atoms with Crippen LogP contribution in [0, 0.1) is 17.0 Å². The zero-order valence-corrected chi connectivity index (χ0v) is 13.5. The first-order valence-corrected chi connectivity index (χ1v) is 7.81. The molecule has 1 aliphatic heterocycles. The number of nitro benzene ring substituents is 1. The van der Waals surface area contributed by atoms with Gasteiger partial charge < -0.3 is 5.32 Å². The Morgan fingerprint density at radius 3 is 2.76 bits per heavy atom. The monoisotopic (exact) mass is 333 g/mol. The van der Waals surface area contributed by atoms with Crippen LogP contribution in [0.3, 0.4) is 0 Å². The van der Waals surface area contributed by atoms with E-state index in [1.807, 2.05) is 43.3 Å². The molecule has 0 saturated carbocycles. The summed E-state index contributed by atoms with van der Waals surface area (Å²) in [4.78, 5) is 15.0. The molecule has 1 atom stereocenters. The summed E-state index contributed by atoms with van der Waals surface area (Å²) in [5, 5.41) is 18.6. The number of hydrogen-bond donors (Lipinski definition) is 1. The maximum absolute atomic E-state index is 11.1. The van der Waals surface area contributed by atoms with Crippen LogP contribution in [-0.4, -0.2) is 19.7 Å². The maximum atomic E-state index is 11.1. The van der Waals surface area contributed by atoms with Crippen molar-refractivity contribution in [2.24, 2.45) is 0 Å². The smallest absolute Gasteiger partial charge is 0.269 e. The third-order valence-corrected chi connectivity index (χ3v) is 4.19. The number of rotatable bonds is 3. The highest BCUT2D eigenvalue weighted by Crippen LogP contribution is 2.33. The second-order valence-corrected chi connectivity index (χ2v) is 5.90. The van der Waals surface area contributed by atoms with Crippen molar-refractivity contribution in [1.29, 1.82) is 0 Å². The van der Waals surface area contributed by atoms with Gasteiger partial charge in [0.2, 0.25) is 5.95 Å². The molecule has 4 rings (SSSR count). The number of benzene rings is 2. The number of nitrogens with one attached hydrogen (secondary N) is 1. The second-order valence-electron chi connectivity index (χ2n) is 5.90. The highest BCUT2D eigenvalue weighted by Gasteiger charge is 2.24. The lowest BCUT2D eigenvalue weighted by atomic mass is 10.0. The Balaban J connectivity index is 1.81. The van der Waals surface area contributed by atoms with Crippen LogP contribution >= 0.6 is 0 Å². The number of aromatic nitrogens is 3. The Morgan fingerprint density at radius 2 is 2.00 bits per heavy atom. The van der Waals surface area contributed by atoms with Crippen molar-refractivity contribution >= 4 is 17.3 Å². The van der Waals surface area contributed by atoms with E-state index >= 15 is 0 Å². The van der Waals surface area contributed by atoms with E-state index < -0.39 is 4.92 Å². The summed E-state index contributed by atoms with van der Waals surface area (Å²) in [5.74, 6) is 0.606. The van der Waals surface area contributed by atoms with Crippen LogP contribution in [0.25, 0.3) is 5.70 Å². The normalized spacial score (nSPS) is 15.9. The van der Waals surface area contributed by atoms with Gasteiger partial charge in [-0.2, -0.15) is 10.1 Å². The summed E-state index contributed by atoms with van der Waals surface area (Å²) in [5.41, 5.74) is 3.95. The molecule has 2 heterocycles. The molecule has 124 valence electrons. The minimum absolute atomic E-state index is 0.0583. The minimum Gasteiger partial charge on any atom is -0.324 e. The number of hydrogen-bond acceptors (Lipinski definition) is 5. The van der Waals surface area contributed by atoms with Crippen LogP contribution < -0.4 is 5.32 Å². The fourth-order valence-corrected chi connectivity index (χ4v) is 2.89. The summed E-state index contributed by atoms with van der Waals surface area (Å²) in [7, 11) is 0. The summed E-state index contributed by atoms with van der Waals surface area (Å²) in [6.45, 7) is 2.04. The van der Waals surface area contributed by atoms with Gasteiger partial charge in [0.1, 0.15) is 12.4 Å². The number of nitrogens with zero attached hydrogens (tertiary/aromatic N) is 4. The van der Waals surface area contributed by atoms with Gasteiger partial charge in [-0.05, 0) is 24.1 Å². The van der Waals surface area contributed by atoms with Crippen LogP contribution in [0.1, 0.15) is 22.7 Å². The molecule has 1 aliphatic rings. The predicted molar refractivity (Wildman–Crippen MR) is 94.0 cm³/mol. The van der Waals surface area contributed by atoms with Gasteiger partial charge in [0.05, 0.1) is 4.92 Å². The molecular formula is C18H15N5O2. The van der Waals surface area contributed by atoms with Crippen molar-refractivity contribution in [1.82, 2.24) is 14.8 Å². The van der Waals surface area contributed by atoms with Crippen LogP contribution in [0.15, 0.2) is 60.9 Å². The molecule has 0 spiro atoms. The van der Waals surface area contributed by atoms with Crippen molar-refractivity contribution in [3.8, 4) is 0 Å². The van der Waals surface area contributed by atoms with Crippen molar-refractivity contribution in [2.45, 2.75) is 13.0 Å². The van der Waals surface area contributed by atoms with Gasteiger partial charge in [-0.3, -0.25) is 10.1 Å². The van der Waals surface area contributed by atoms with Crippen LogP contribution in [0.5, 0.6) is 0 Å². The SMILES string of the molecule is Cc1ccc(C2=C[C@@H](c3cccc([N+](=O)[O-])c3)n3ncnc3N2)cc1. The Hall–Kier alpha value is -3.48. The van der Waals surface area contributed by atoms with E-state index in [1.54, 1.807) is 16.8 Å². The summed E-state index contributed by atoms with van der Waals surface area (Å²) in [6.07, 6.45) is 3.48. The molecule has 0 saturated heterocycles. The van der Waals surface area contributed by atoms with Gasteiger partial charge in [-0.25, -0.2) is 4.68 Å². The standard InChI is InChI=1S/C18H15N5O2/c1-12-5-7-13(8-6-12)16-10-17(22-18(21-16)19-11-20-22)14-3-2-4-15(9-14)23(24)25/h2-11,17H,1H3,(H,19,20,21)/t17-/m0/s1. The third kappa shape index (κ3) is 2.76. The fraction of sp³-hybridized carbons (Fsp3) is 0.111. The molecule has 1 aromatic heterocycles. The Bertz CT molecular complexity index is 975. The van der Waals surface area contributed by atoms with E-state index in [9.17, 15) is 10.1 Å². The van der Waals surface area contributed by atoms with Gasteiger partial charge in [-0.1, -0.05) is 42.0 Å². The average Bonchev–Trinajstić information content (AvgIpc) is 3.10. The molecule has 0 aliphatic carbocycles. The number of fused-ring (bicyclic) bond motifs is 1. The molecule has 0 amide bonds. The fourth-order valence-electron chi connectivity index (χ4n) is 2.89. The van der Waals surface area contributed by atoms with Gasteiger partial charge in [0.25, 0.3) is 5.69 Å². The average molecular weight is 333 g/mol. The number of aryl methyl sites for hydroxylation is 1. The number of allylic oxidation sites excluding steroid dienone is 1. The van der Waals surface area contributed by atoms with Crippen molar-refractivity contribution in [2.75, 3.05) is 5.32 Å². The summed E-state index contributed by atoms with van der Waals surface area (Å²) >= 11 is 0. The molecular weight excluding hydrogens is 318 g/mol. The molecule has 1 N–H and O–H groups in total. The highest BCUT2D eigenvalue weighted by molar-refractivity contribution is 5.77. The van der Waals surface area contributed by atoms with E-state index in [0.717, 1.165) is 16.8 Å². The second kappa shape index (κ2) is 5.86. The molecule has 0 fully saturated rings. The van der Waals surface area contributed by atoms with Crippen LogP contribution in [-0.2, 0) is 0 Å². The first-order chi connectivity index (χ1) is 12.1. The lowest BCUT2D eigenvalue weighted by molar-refractivity contribution is -0.384. The zero-order valence-electron chi connectivity index (χ0n) is 13.5. The first kappa shape index (κ1) is 15.1. The Kier molecular flexibility index (Phi) is 3.53. The maximum Gasteiger partial charge on any atom is 0.269 e. The lowest BCUT2D eigenvalue weighted by Gasteiger charge is -2.24. The molecule has 0 unspecified atom stereocenters. The van der Waals surface area contributed by atoms with E-state index in [-0.39, 0.29) is 11.7 Å². The van der Waals surface area contributed by atoms with E-state index in [1.165, 1.54) is 18.0 Å². The van der Waals surface area contributed by atoms with Gasteiger partial charge in [0, 0.05) is 17.8 Å². The highest BCUT2D eigenvalue weighted by atomic mass is 16.6. The zero-order chi connectivity index (χ0) is 17.4. The topological polar surface area (TPSA) is 85.9 Å². The largest absolute Gasteiger partial charge is 0.324 e. The van der Waals surface area contributed by atoms with E-state index in [4.69, 9.17) is 0 Å². The van der Waals surface area contributed by atoms with E-state index in [0.29, 0.717) is 5.95 Å². The molecule has 7 nitrogen and oxygen atoms in total. The van der Waals surface area contributed by atoms with E-state index in [2.05, 4.69) is 15.4 Å². The molecule has 2 aromatic carbocycles. The third-order valence-electron chi connectivity index (χ3n) is 4.19. The summed E-state index contributed by atoms with van der Waals surface area (Å²) in [6, 6.07) is 14.5. The van der Waals surface area contributed by atoms with Gasteiger partial charge >= 0.3 is 0 Å². The van der Waals surface area contributed by atoms with Crippen molar-refractivity contribution < 1.29 is 4.92 Å². The van der Waals surface area contributed by atoms with Gasteiger partial charge in [-0.15, -0.1) is 0 Å². The molecule has 3 aromatic rings. The van der Waals surface area contributed by atoms with Crippen LogP contribution in [0.4, 0.5) is 11.6 Å². The predicted octanol–water partition coefficient (Wildman–Crippen LogP) is 3.55. The molecule has 7 heteroatoms. The Morgan fingerprint density at radius 1 is 1.20 bits per heavy atom. The number of anilines is 1. The molecule has 0 bridgehead atoms. The Labute approximate surface area is 143 Å². The molecule has 0 radical (unpaired) electrons. The quantitative estimate of drug-likeness (QED) is 0.585. The minimum atomic E-state index is -0.391. The van der Waals surface area contributed by atoms with Crippen LogP contribution in [0.2, 0.25) is 0 Å². The number of nitro groups is 1.